The minimum atomic E-state index is -1.11. The Bertz CT molecular complexity index is 869. The molecule has 0 unspecified atom stereocenters. The van der Waals surface area contributed by atoms with Crippen LogP contribution in [0, 0.1) is 11.8 Å². The second kappa shape index (κ2) is 12.8. The topological polar surface area (TPSA) is 84.9 Å². The first-order valence-corrected chi connectivity index (χ1v) is 9.22. The molecule has 29 heavy (non-hydrogen) atoms. The fourth-order valence-electron chi connectivity index (χ4n) is 2.19. The number of hydrogen-bond acceptors (Lipinski definition) is 4. The van der Waals surface area contributed by atoms with Gasteiger partial charge in [0.25, 0.3) is 0 Å². The molecule has 0 saturated heterocycles. The van der Waals surface area contributed by atoms with Crippen LogP contribution in [0.1, 0.15) is 44.0 Å². The maximum absolute atomic E-state index is 12.1. The van der Waals surface area contributed by atoms with Gasteiger partial charge in [0, 0.05) is 18.9 Å². The van der Waals surface area contributed by atoms with Gasteiger partial charge in [-0.25, -0.2) is 4.79 Å². The van der Waals surface area contributed by atoms with E-state index in [2.05, 4.69) is 17.2 Å². The summed E-state index contributed by atoms with van der Waals surface area (Å²) in [5.74, 6) is 5.63. The molecule has 0 aromatic heterocycles. The van der Waals surface area contributed by atoms with Crippen molar-refractivity contribution in [2.24, 2.45) is 0 Å². The highest BCUT2D eigenvalue weighted by Gasteiger charge is 2.10. The fraction of sp³-hybridized carbons (Fsp3) is 0.304. The van der Waals surface area contributed by atoms with Crippen molar-refractivity contribution in [1.29, 1.82) is 0 Å². The van der Waals surface area contributed by atoms with E-state index in [9.17, 15) is 14.7 Å². The summed E-state index contributed by atoms with van der Waals surface area (Å²) in [6, 6.07) is 6.22. The Morgan fingerprint density at radius 3 is 2.55 bits per heavy atom. The van der Waals surface area contributed by atoms with Crippen LogP contribution in [0.15, 0.2) is 59.6 Å². The molecule has 0 saturated carbocycles. The van der Waals surface area contributed by atoms with Crippen LogP contribution >= 0.6 is 0 Å². The molecule has 6 nitrogen and oxygen atoms in total. The van der Waals surface area contributed by atoms with Gasteiger partial charge in [-0.3, -0.25) is 4.79 Å². The normalized spacial score (nSPS) is 11.9. The Morgan fingerprint density at radius 2 is 1.90 bits per heavy atom. The first kappa shape index (κ1) is 23.6. The van der Waals surface area contributed by atoms with Crippen molar-refractivity contribution < 1.29 is 24.2 Å². The van der Waals surface area contributed by atoms with Crippen LogP contribution in [-0.4, -0.2) is 30.7 Å². The van der Waals surface area contributed by atoms with Gasteiger partial charge in [0.05, 0.1) is 25.0 Å². The molecule has 6 heteroatoms. The van der Waals surface area contributed by atoms with Crippen molar-refractivity contribution in [3.63, 3.8) is 0 Å². The molecule has 1 aromatic carbocycles. The van der Waals surface area contributed by atoms with Crippen molar-refractivity contribution >= 4 is 17.6 Å². The van der Waals surface area contributed by atoms with Crippen molar-refractivity contribution in [3.05, 3.63) is 65.1 Å². The molecule has 0 aliphatic carbocycles. The fourth-order valence-corrected chi connectivity index (χ4v) is 2.19. The summed E-state index contributed by atoms with van der Waals surface area (Å²) in [6.45, 7) is 6.03. The third-order valence-corrected chi connectivity index (χ3v) is 3.71. The van der Waals surface area contributed by atoms with E-state index in [4.69, 9.17) is 9.47 Å². The Balaban J connectivity index is 2.81. The van der Waals surface area contributed by atoms with Crippen molar-refractivity contribution in [3.8, 4) is 11.8 Å². The SMILES string of the molecule is CCC#CCCOC(/C=C(C)/C=C/C(=O)Nc1ccccc1C(=O)O)=C(/C)OC. The molecule has 1 aromatic rings. The maximum Gasteiger partial charge on any atom is 0.337 e. The van der Waals surface area contributed by atoms with Crippen molar-refractivity contribution in [2.75, 3.05) is 19.0 Å². The van der Waals surface area contributed by atoms with Crippen LogP contribution in [0.3, 0.4) is 0 Å². The van der Waals surface area contributed by atoms with Gasteiger partial charge < -0.3 is 19.9 Å². The average Bonchev–Trinajstić information content (AvgIpc) is 2.70. The molecule has 2 N–H and O–H groups in total. The van der Waals surface area contributed by atoms with E-state index in [0.717, 1.165) is 12.0 Å². The molecular weight excluding hydrogens is 370 g/mol. The van der Waals surface area contributed by atoms with E-state index in [1.165, 1.54) is 18.2 Å². The number of para-hydroxylation sites is 1. The highest BCUT2D eigenvalue weighted by atomic mass is 16.5. The quantitative estimate of drug-likeness (QED) is 0.210. The zero-order valence-corrected chi connectivity index (χ0v) is 17.2. The summed E-state index contributed by atoms with van der Waals surface area (Å²) >= 11 is 0. The predicted molar refractivity (Wildman–Crippen MR) is 113 cm³/mol. The first-order valence-electron chi connectivity index (χ1n) is 9.22. The van der Waals surface area contributed by atoms with Crippen LogP contribution in [0.4, 0.5) is 5.69 Å². The minimum absolute atomic E-state index is 0.0297. The molecule has 0 spiro atoms. The number of ether oxygens (including phenoxy) is 2. The van der Waals surface area contributed by atoms with Gasteiger partial charge in [-0.15, -0.1) is 5.92 Å². The average molecular weight is 397 g/mol. The van der Waals surface area contributed by atoms with Crippen molar-refractivity contribution in [1.82, 2.24) is 0 Å². The molecule has 0 atom stereocenters. The zero-order chi connectivity index (χ0) is 21.6. The molecular formula is C23H27NO5. The highest BCUT2D eigenvalue weighted by Crippen LogP contribution is 2.15. The maximum atomic E-state index is 12.1. The number of aromatic carboxylic acids is 1. The molecule has 0 radical (unpaired) electrons. The van der Waals surface area contributed by atoms with Gasteiger partial charge in [0.1, 0.15) is 5.76 Å². The number of methoxy groups -OCH3 is 1. The Morgan fingerprint density at radius 1 is 1.17 bits per heavy atom. The number of anilines is 1. The first-order chi connectivity index (χ1) is 13.9. The lowest BCUT2D eigenvalue weighted by Crippen LogP contribution is -2.11. The van der Waals surface area contributed by atoms with Crippen LogP contribution in [0.25, 0.3) is 0 Å². The van der Waals surface area contributed by atoms with Gasteiger partial charge in [0.15, 0.2) is 5.76 Å². The van der Waals surface area contributed by atoms with Gasteiger partial charge >= 0.3 is 5.97 Å². The van der Waals surface area contributed by atoms with E-state index in [1.54, 1.807) is 38.3 Å². The Kier molecular flexibility index (Phi) is 10.4. The number of carbonyl (C=O) groups is 2. The lowest BCUT2D eigenvalue weighted by Gasteiger charge is -2.10. The van der Waals surface area contributed by atoms with Crippen molar-refractivity contribution in [2.45, 2.75) is 33.6 Å². The van der Waals surface area contributed by atoms with Crippen LogP contribution in [0.5, 0.6) is 0 Å². The summed E-state index contributed by atoms with van der Waals surface area (Å²) in [6.07, 6.45) is 6.13. The lowest BCUT2D eigenvalue weighted by atomic mass is 10.1. The summed E-state index contributed by atoms with van der Waals surface area (Å²) in [4.78, 5) is 23.3. The predicted octanol–water partition coefficient (Wildman–Crippen LogP) is 4.52. The summed E-state index contributed by atoms with van der Waals surface area (Å²) in [5.41, 5.74) is 1.03. The van der Waals surface area contributed by atoms with Crippen LogP contribution in [0.2, 0.25) is 0 Å². The van der Waals surface area contributed by atoms with Gasteiger partial charge in [-0.05, 0) is 37.6 Å². The third kappa shape index (κ3) is 8.85. The van der Waals surface area contributed by atoms with E-state index in [0.29, 0.717) is 24.5 Å². The van der Waals surface area contributed by atoms with Gasteiger partial charge in [-0.1, -0.05) is 31.1 Å². The second-order valence-corrected chi connectivity index (χ2v) is 5.99. The standard InChI is InChI=1S/C23H27NO5/c1-5-6-7-10-15-29-21(18(3)28-4)16-17(2)13-14-22(25)24-20-12-9-8-11-19(20)23(26)27/h8-9,11-14,16H,5,10,15H2,1-4H3,(H,24,25)(H,26,27)/b14-13+,17-16+,21-18-. The number of nitrogens with one attached hydrogen (secondary N) is 1. The van der Waals surface area contributed by atoms with E-state index in [-0.39, 0.29) is 11.3 Å². The molecule has 1 rings (SSSR count). The van der Waals surface area contributed by atoms with Gasteiger partial charge in [-0.2, -0.15) is 0 Å². The Labute approximate surface area is 171 Å². The van der Waals surface area contributed by atoms with E-state index in [1.807, 2.05) is 13.8 Å². The molecule has 0 bridgehead atoms. The number of hydrogen-bond donors (Lipinski definition) is 2. The van der Waals surface area contributed by atoms with Crippen LogP contribution < -0.4 is 5.32 Å². The van der Waals surface area contributed by atoms with Gasteiger partial charge in [0.2, 0.25) is 5.91 Å². The number of carboxylic acids is 1. The molecule has 0 aliphatic rings. The lowest BCUT2D eigenvalue weighted by molar-refractivity contribution is -0.111. The molecule has 0 fully saturated rings. The largest absolute Gasteiger partial charge is 0.498 e. The monoisotopic (exact) mass is 397 g/mol. The summed E-state index contributed by atoms with van der Waals surface area (Å²) < 4.78 is 11.0. The van der Waals surface area contributed by atoms with E-state index >= 15 is 0 Å². The number of amides is 1. The molecule has 154 valence electrons. The minimum Gasteiger partial charge on any atom is -0.498 e. The number of benzene rings is 1. The molecule has 0 heterocycles. The molecule has 1 amide bonds. The van der Waals surface area contributed by atoms with E-state index < -0.39 is 11.9 Å². The molecule has 0 aliphatic heterocycles. The Hall–Kier alpha value is -3.46. The number of rotatable bonds is 9. The smallest absolute Gasteiger partial charge is 0.337 e. The summed E-state index contributed by atoms with van der Waals surface area (Å²) in [5, 5.41) is 11.7. The van der Waals surface area contributed by atoms with Crippen LogP contribution in [-0.2, 0) is 14.3 Å². The number of allylic oxidation sites excluding steroid dienone is 4. The number of carboxylic acid groups (broad SMARTS) is 1. The third-order valence-electron chi connectivity index (χ3n) is 3.71. The zero-order valence-electron chi connectivity index (χ0n) is 17.2. The highest BCUT2D eigenvalue weighted by molar-refractivity contribution is 6.04. The second-order valence-electron chi connectivity index (χ2n) is 5.99. The summed E-state index contributed by atoms with van der Waals surface area (Å²) in [7, 11) is 1.56. The number of carbonyl (C=O) groups excluding carboxylic acids is 1.